The molecule has 0 bridgehead atoms. The monoisotopic (exact) mass is 251 g/mol. The number of aromatic nitrogens is 2. The number of ether oxygens (including phenoxy) is 1. The summed E-state index contributed by atoms with van der Waals surface area (Å²) >= 11 is 0. The lowest BCUT2D eigenvalue weighted by molar-refractivity contribution is 0.0314. The summed E-state index contributed by atoms with van der Waals surface area (Å²) in [5.74, 6) is 1.54. The molecule has 1 atom stereocenters. The number of aromatic amines is 1. The first-order valence-electron chi connectivity index (χ1n) is 6.48. The van der Waals surface area contributed by atoms with Crippen LogP contribution >= 0.6 is 0 Å². The van der Waals surface area contributed by atoms with E-state index in [0.29, 0.717) is 18.2 Å². The van der Waals surface area contributed by atoms with E-state index in [1.165, 1.54) is 6.07 Å². The van der Waals surface area contributed by atoms with Gasteiger partial charge in [0.15, 0.2) is 0 Å². The van der Waals surface area contributed by atoms with Gasteiger partial charge < -0.3 is 15.0 Å². The van der Waals surface area contributed by atoms with Crippen LogP contribution in [0.5, 0.6) is 0 Å². The molecular formula is C13H21N3O2. The molecule has 0 spiro atoms. The lowest BCUT2D eigenvalue weighted by Gasteiger charge is -2.23. The summed E-state index contributed by atoms with van der Waals surface area (Å²) in [4.78, 5) is 18.7. The van der Waals surface area contributed by atoms with Gasteiger partial charge in [-0.15, -0.1) is 0 Å². The lowest BCUT2D eigenvalue weighted by Crippen LogP contribution is -2.33. The second-order valence-corrected chi connectivity index (χ2v) is 5.43. The quantitative estimate of drug-likeness (QED) is 0.857. The number of rotatable bonds is 4. The van der Waals surface area contributed by atoms with Crippen LogP contribution in [0.3, 0.4) is 0 Å². The molecule has 18 heavy (non-hydrogen) atoms. The van der Waals surface area contributed by atoms with Gasteiger partial charge in [-0.3, -0.25) is 4.79 Å². The summed E-state index contributed by atoms with van der Waals surface area (Å²) in [6.45, 7) is 7.59. The van der Waals surface area contributed by atoms with Crippen LogP contribution < -0.4 is 10.9 Å². The summed E-state index contributed by atoms with van der Waals surface area (Å²) in [7, 11) is 0. The van der Waals surface area contributed by atoms with E-state index in [4.69, 9.17) is 4.74 Å². The van der Waals surface area contributed by atoms with Crippen LogP contribution in [0, 0.1) is 0 Å². The zero-order valence-electron chi connectivity index (χ0n) is 11.2. The zero-order valence-corrected chi connectivity index (χ0v) is 11.2. The third-order valence-corrected chi connectivity index (χ3v) is 3.25. The van der Waals surface area contributed by atoms with Gasteiger partial charge in [-0.2, -0.15) is 0 Å². The standard InChI is InChI=1S/C13H21N3O2/c1-9(2)12-15-10(7-11(17)16-12)14-8-13(3)5-4-6-18-13/h7,9H,4-6,8H2,1-3H3,(H2,14,15,16,17). The fourth-order valence-corrected chi connectivity index (χ4v) is 2.09. The predicted molar refractivity (Wildman–Crippen MR) is 71.0 cm³/mol. The maximum Gasteiger partial charge on any atom is 0.252 e. The maximum atomic E-state index is 11.5. The highest BCUT2D eigenvalue weighted by atomic mass is 16.5. The topological polar surface area (TPSA) is 67.0 Å². The molecule has 1 fully saturated rings. The minimum atomic E-state index is -0.137. The van der Waals surface area contributed by atoms with Gasteiger partial charge in [-0.25, -0.2) is 4.98 Å². The molecule has 0 amide bonds. The lowest BCUT2D eigenvalue weighted by atomic mass is 10.0. The molecule has 2 N–H and O–H groups in total. The number of nitrogens with zero attached hydrogens (tertiary/aromatic N) is 1. The van der Waals surface area contributed by atoms with Crippen LogP contribution in [0.4, 0.5) is 5.82 Å². The van der Waals surface area contributed by atoms with Crippen molar-refractivity contribution in [3.63, 3.8) is 0 Å². The van der Waals surface area contributed by atoms with E-state index < -0.39 is 0 Å². The summed E-state index contributed by atoms with van der Waals surface area (Å²) in [5, 5.41) is 3.21. The SMILES string of the molecule is CC(C)c1nc(NCC2(C)CCCO2)cc(=O)[nH]1. The Labute approximate surface area is 107 Å². The normalized spacial score (nSPS) is 23.6. The Morgan fingerprint density at radius 1 is 1.61 bits per heavy atom. The first kappa shape index (κ1) is 13.1. The van der Waals surface area contributed by atoms with E-state index >= 15 is 0 Å². The van der Waals surface area contributed by atoms with E-state index in [9.17, 15) is 4.79 Å². The molecule has 1 aromatic heterocycles. The van der Waals surface area contributed by atoms with Crippen molar-refractivity contribution in [3.05, 3.63) is 22.2 Å². The fraction of sp³-hybridized carbons (Fsp3) is 0.692. The van der Waals surface area contributed by atoms with Gasteiger partial charge in [0.25, 0.3) is 5.56 Å². The smallest absolute Gasteiger partial charge is 0.252 e. The highest BCUT2D eigenvalue weighted by Crippen LogP contribution is 2.25. The van der Waals surface area contributed by atoms with Crippen LogP contribution in [0.15, 0.2) is 10.9 Å². The molecular weight excluding hydrogens is 230 g/mol. The van der Waals surface area contributed by atoms with E-state index in [1.54, 1.807) is 0 Å². The van der Waals surface area contributed by atoms with Crippen LogP contribution in [-0.2, 0) is 4.74 Å². The minimum absolute atomic E-state index is 0.117. The highest BCUT2D eigenvalue weighted by molar-refractivity contribution is 5.34. The Morgan fingerprint density at radius 3 is 3.00 bits per heavy atom. The molecule has 0 aromatic carbocycles. The molecule has 1 aliphatic heterocycles. The molecule has 2 rings (SSSR count). The maximum absolute atomic E-state index is 11.5. The van der Waals surface area contributed by atoms with Crippen molar-refractivity contribution < 1.29 is 4.74 Å². The van der Waals surface area contributed by atoms with Crippen molar-refractivity contribution in [3.8, 4) is 0 Å². The number of hydrogen-bond acceptors (Lipinski definition) is 4. The van der Waals surface area contributed by atoms with Crippen molar-refractivity contribution in [1.29, 1.82) is 0 Å². The van der Waals surface area contributed by atoms with E-state index in [2.05, 4.69) is 22.2 Å². The van der Waals surface area contributed by atoms with Crippen LogP contribution in [0.25, 0.3) is 0 Å². The van der Waals surface area contributed by atoms with Gasteiger partial charge >= 0.3 is 0 Å². The summed E-state index contributed by atoms with van der Waals surface area (Å²) in [6, 6.07) is 1.49. The van der Waals surface area contributed by atoms with Crippen molar-refractivity contribution >= 4 is 5.82 Å². The average molecular weight is 251 g/mol. The molecule has 0 aliphatic carbocycles. The van der Waals surface area contributed by atoms with Crippen molar-refractivity contribution in [2.75, 3.05) is 18.5 Å². The van der Waals surface area contributed by atoms with Gasteiger partial charge in [0, 0.05) is 25.1 Å². The van der Waals surface area contributed by atoms with Crippen molar-refractivity contribution in [1.82, 2.24) is 9.97 Å². The molecule has 5 heteroatoms. The van der Waals surface area contributed by atoms with Crippen molar-refractivity contribution in [2.24, 2.45) is 0 Å². The molecule has 0 saturated carbocycles. The van der Waals surface area contributed by atoms with E-state index in [1.807, 2.05) is 13.8 Å². The number of hydrogen-bond donors (Lipinski definition) is 2. The van der Waals surface area contributed by atoms with Crippen LogP contribution in [-0.4, -0.2) is 28.7 Å². The molecule has 1 saturated heterocycles. The zero-order chi connectivity index (χ0) is 13.2. The van der Waals surface area contributed by atoms with Crippen LogP contribution in [0.2, 0.25) is 0 Å². The Hall–Kier alpha value is -1.36. The average Bonchev–Trinajstić information content (AvgIpc) is 2.73. The van der Waals surface area contributed by atoms with Crippen LogP contribution in [0.1, 0.15) is 45.4 Å². The third kappa shape index (κ3) is 3.10. The molecule has 100 valence electrons. The molecule has 0 radical (unpaired) electrons. The van der Waals surface area contributed by atoms with Gasteiger partial charge in [0.1, 0.15) is 11.6 Å². The second kappa shape index (κ2) is 5.10. The van der Waals surface area contributed by atoms with E-state index in [-0.39, 0.29) is 17.1 Å². The Kier molecular flexibility index (Phi) is 3.71. The summed E-state index contributed by atoms with van der Waals surface area (Å²) in [5.41, 5.74) is -0.254. The predicted octanol–water partition coefficient (Wildman–Crippen LogP) is 1.87. The number of H-pyrrole nitrogens is 1. The largest absolute Gasteiger partial charge is 0.373 e. The summed E-state index contributed by atoms with van der Waals surface area (Å²) < 4.78 is 5.69. The van der Waals surface area contributed by atoms with Gasteiger partial charge in [-0.05, 0) is 19.8 Å². The summed E-state index contributed by atoms with van der Waals surface area (Å²) in [6.07, 6.45) is 2.14. The molecule has 1 unspecified atom stereocenters. The number of nitrogens with one attached hydrogen (secondary N) is 2. The molecule has 2 heterocycles. The van der Waals surface area contributed by atoms with Gasteiger partial charge in [0.05, 0.1) is 5.60 Å². The first-order valence-corrected chi connectivity index (χ1v) is 6.48. The molecule has 1 aliphatic rings. The first-order chi connectivity index (χ1) is 8.48. The molecule has 5 nitrogen and oxygen atoms in total. The molecule has 1 aromatic rings. The minimum Gasteiger partial charge on any atom is -0.373 e. The Balaban J connectivity index is 2.07. The Bertz CT molecular complexity index is 462. The number of anilines is 1. The van der Waals surface area contributed by atoms with E-state index in [0.717, 1.165) is 19.4 Å². The van der Waals surface area contributed by atoms with Gasteiger partial charge in [-0.1, -0.05) is 13.8 Å². The highest BCUT2D eigenvalue weighted by Gasteiger charge is 2.29. The fourth-order valence-electron chi connectivity index (χ4n) is 2.09. The second-order valence-electron chi connectivity index (χ2n) is 5.43. The Morgan fingerprint density at radius 2 is 2.39 bits per heavy atom. The van der Waals surface area contributed by atoms with Crippen molar-refractivity contribution in [2.45, 2.75) is 45.1 Å². The van der Waals surface area contributed by atoms with Gasteiger partial charge in [0.2, 0.25) is 0 Å². The third-order valence-electron chi connectivity index (χ3n) is 3.25.